The molecule has 106 valence electrons. The lowest BCUT2D eigenvalue weighted by Crippen LogP contribution is -2.05. The van der Waals surface area contributed by atoms with Crippen molar-refractivity contribution in [1.29, 1.82) is 0 Å². The van der Waals surface area contributed by atoms with Gasteiger partial charge in [-0.15, -0.1) is 11.6 Å². The molecule has 0 aliphatic carbocycles. The normalized spacial score (nSPS) is 13.3. The Morgan fingerprint density at radius 1 is 0.900 bits per heavy atom. The van der Waals surface area contributed by atoms with E-state index in [-0.39, 0.29) is 0 Å². The quantitative estimate of drug-likeness (QED) is 0.560. The highest BCUT2D eigenvalue weighted by molar-refractivity contribution is 6.36. The van der Waals surface area contributed by atoms with Gasteiger partial charge in [-0.05, 0) is 35.4 Å². The van der Waals surface area contributed by atoms with Crippen molar-refractivity contribution in [1.82, 2.24) is 0 Å². The molecule has 0 aliphatic rings. The molecule has 0 heterocycles. The zero-order valence-electron chi connectivity index (χ0n) is 9.89. The van der Waals surface area contributed by atoms with E-state index in [0.29, 0.717) is 21.2 Å². The molecular formula is C14H8Cl3F3. The van der Waals surface area contributed by atoms with Gasteiger partial charge in [-0.25, -0.2) is 0 Å². The molecule has 0 spiro atoms. The molecule has 0 aromatic heterocycles. The van der Waals surface area contributed by atoms with Crippen LogP contribution in [0.5, 0.6) is 0 Å². The van der Waals surface area contributed by atoms with Crippen molar-refractivity contribution in [2.45, 2.75) is 11.6 Å². The molecule has 0 bridgehead atoms. The molecule has 20 heavy (non-hydrogen) atoms. The van der Waals surface area contributed by atoms with Crippen molar-refractivity contribution < 1.29 is 13.2 Å². The summed E-state index contributed by atoms with van der Waals surface area (Å²) >= 11 is 18.1. The van der Waals surface area contributed by atoms with Crippen LogP contribution in [0, 0.1) is 0 Å². The van der Waals surface area contributed by atoms with Crippen LogP contribution in [0.1, 0.15) is 22.1 Å². The van der Waals surface area contributed by atoms with Crippen LogP contribution in [0.4, 0.5) is 13.2 Å². The van der Waals surface area contributed by atoms with E-state index in [1.54, 1.807) is 12.1 Å². The van der Waals surface area contributed by atoms with Crippen molar-refractivity contribution >= 4 is 34.8 Å². The summed E-state index contributed by atoms with van der Waals surface area (Å²) in [6.45, 7) is 0. The third-order valence-corrected chi connectivity index (χ3v) is 3.82. The maximum Gasteiger partial charge on any atom is 0.416 e. The lowest BCUT2D eigenvalue weighted by Gasteiger charge is -2.14. The van der Waals surface area contributed by atoms with Gasteiger partial charge >= 0.3 is 6.18 Å². The predicted octanol–water partition coefficient (Wildman–Crippen LogP) is 6.34. The standard InChI is InChI=1S/C14H8Cl3F3/c15-10-5-6-11(12(16)7-10)13(17)8-1-3-9(4-2-8)14(18,19)20/h1-7,13H. The molecule has 0 saturated heterocycles. The van der Waals surface area contributed by atoms with Crippen molar-refractivity contribution in [3.63, 3.8) is 0 Å². The number of benzene rings is 2. The first-order valence-electron chi connectivity index (χ1n) is 5.55. The van der Waals surface area contributed by atoms with Gasteiger partial charge in [0, 0.05) is 10.0 Å². The Hall–Kier alpha value is -0.900. The first-order chi connectivity index (χ1) is 9.29. The summed E-state index contributed by atoms with van der Waals surface area (Å²) in [4.78, 5) is 0. The van der Waals surface area contributed by atoms with Crippen molar-refractivity contribution in [3.05, 3.63) is 69.2 Å². The fourth-order valence-corrected chi connectivity index (χ4v) is 2.64. The second-order valence-corrected chi connectivity index (χ2v) is 5.43. The van der Waals surface area contributed by atoms with Crippen LogP contribution in [0.15, 0.2) is 42.5 Å². The van der Waals surface area contributed by atoms with Gasteiger partial charge < -0.3 is 0 Å². The van der Waals surface area contributed by atoms with Gasteiger partial charge in [-0.1, -0.05) is 41.4 Å². The Kier molecular flexibility index (Phi) is 4.52. The van der Waals surface area contributed by atoms with Crippen LogP contribution in [0.3, 0.4) is 0 Å². The summed E-state index contributed by atoms with van der Waals surface area (Å²) in [6.07, 6.45) is -4.36. The third kappa shape index (κ3) is 3.40. The number of rotatable bonds is 2. The van der Waals surface area contributed by atoms with E-state index in [9.17, 15) is 13.2 Å². The highest BCUT2D eigenvalue weighted by atomic mass is 35.5. The van der Waals surface area contributed by atoms with Gasteiger partial charge in [-0.3, -0.25) is 0 Å². The van der Waals surface area contributed by atoms with Gasteiger partial charge in [-0.2, -0.15) is 13.2 Å². The molecule has 0 N–H and O–H groups in total. The Balaban J connectivity index is 2.31. The van der Waals surface area contributed by atoms with Gasteiger partial charge in [0.2, 0.25) is 0 Å². The van der Waals surface area contributed by atoms with E-state index in [1.807, 2.05) is 0 Å². The van der Waals surface area contributed by atoms with Gasteiger partial charge in [0.05, 0.1) is 10.9 Å². The fraction of sp³-hybridized carbons (Fsp3) is 0.143. The minimum Gasteiger partial charge on any atom is -0.166 e. The summed E-state index contributed by atoms with van der Waals surface area (Å²) in [7, 11) is 0. The van der Waals surface area contributed by atoms with Crippen molar-refractivity contribution in [2.24, 2.45) is 0 Å². The molecule has 1 unspecified atom stereocenters. The van der Waals surface area contributed by atoms with Crippen LogP contribution in [0.25, 0.3) is 0 Å². The molecule has 0 aliphatic heterocycles. The Labute approximate surface area is 129 Å². The summed E-state index contributed by atoms with van der Waals surface area (Å²) < 4.78 is 37.5. The van der Waals surface area contributed by atoms with E-state index in [1.165, 1.54) is 18.2 Å². The maximum atomic E-state index is 12.5. The van der Waals surface area contributed by atoms with Crippen LogP contribution in [-0.4, -0.2) is 0 Å². The average molecular weight is 340 g/mol. The minimum absolute atomic E-state index is 0.373. The lowest BCUT2D eigenvalue weighted by molar-refractivity contribution is -0.137. The maximum absolute atomic E-state index is 12.5. The zero-order chi connectivity index (χ0) is 14.9. The molecule has 0 radical (unpaired) electrons. The van der Waals surface area contributed by atoms with Gasteiger partial charge in [0.25, 0.3) is 0 Å². The fourth-order valence-electron chi connectivity index (χ4n) is 1.73. The Morgan fingerprint density at radius 2 is 1.50 bits per heavy atom. The SMILES string of the molecule is FC(F)(F)c1ccc(C(Cl)c2ccc(Cl)cc2Cl)cc1. The lowest BCUT2D eigenvalue weighted by atomic mass is 10.0. The Morgan fingerprint density at radius 3 is 2.00 bits per heavy atom. The number of hydrogen-bond acceptors (Lipinski definition) is 0. The molecule has 6 heteroatoms. The first kappa shape index (κ1) is 15.5. The first-order valence-corrected chi connectivity index (χ1v) is 6.74. The average Bonchev–Trinajstić information content (AvgIpc) is 2.37. The van der Waals surface area contributed by atoms with Gasteiger partial charge in [0.15, 0.2) is 0 Å². The van der Waals surface area contributed by atoms with Crippen LogP contribution < -0.4 is 0 Å². The summed E-state index contributed by atoms with van der Waals surface area (Å²) in [5, 5.41) is 0.203. The third-order valence-electron chi connectivity index (χ3n) is 2.77. The molecule has 2 aromatic carbocycles. The van der Waals surface area contributed by atoms with E-state index >= 15 is 0 Å². The van der Waals surface area contributed by atoms with Crippen LogP contribution >= 0.6 is 34.8 Å². The highest BCUT2D eigenvalue weighted by Gasteiger charge is 2.30. The molecule has 0 nitrogen and oxygen atoms in total. The van der Waals surface area contributed by atoms with Crippen LogP contribution in [0.2, 0.25) is 10.0 Å². The molecule has 2 aromatic rings. The molecule has 1 atom stereocenters. The molecule has 0 amide bonds. The molecule has 2 rings (SSSR count). The smallest absolute Gasteiger partial charge is 0.166 e. The number of alkyl halides is 4. The molecule has 0 saturated carbocycles. The predicted molar refractivity (Wildman–Crippen MR) is 75.6 cm³/mol. The number of halogens is 6. The molecule has 0 fully saturated rings. The topological polar surface area (TPSA) is 0 Å². The van der Waals surface area contributed by atoms with E-state index in [0.717, 1.165) is 12.1 Å². The summed E-state index contributed by atoms with van der Waals surface area (Å²) in [5.74, 6) is 0. The van der Waals surface area contributed by atoms with Crippen molar-refractivity contribution in [3.8, 4) is 0 Å². The summed E-state index contributed by atoms with van der Waals surface area (Å²) in [6, 6.07) is 9.49. The highest BCUT2D eigenvalue weighted by Crippen LogP contribution is 2.36. The second-order valence-electron chi connectivity index (χ2n) is 4.15. The van der Waals surface area contributed by atoms with E-state index in [2.05, 4.69) is 0 Å². The van der Waals surface area contributed by atoms with Gasteiger partial charge in [0.1, 0.15) is 0 Å². The largest absolute Gasteiger partial charge is 0.416 e. The summed E-state index contributed by atoms with van der Waals surface area (Å²) in [5.41, 5.74) is 0.411. The number of hydrogen-bond donors (Lipinski definition) is 0. The second kappa shape index (κ2) is 5.84. The minimum atomic E-state index is -4.36. The van der Waals surface area contributed by atoms with Crippen molar-refractivity contribution in [2.75, 3.05) is 0 Å². The van der Waals surface area contributed by atoms with E-state index in [4.69, 9.17) is 34.8 Å². The van der Waals surface area contributed by atoms with E-state index < -0.39 is 17.1 Å². The molecular weight excluding hydrogens is 332 g/mol. The monoisotopic (exact) mass is 338 g/mol. The Bertz CT molecular complexity index is 606. The van der Waals surface area contributed by atoms with Crippen LogP contribution in [-0.2, 0) is 6.18 Å². The zero-order valence-corrected chi connectivity index (χ0v) is 12.2.